The summed E-state index contributed by atoms with van der Waals surface area (Å²) in [7, 11) is 0. The summed E-state index contributed by atoms with van der Waals surface area (Å²) in [6.45, 7) is 2.39. The lowest BCUT2D eigenvalue weighted by atomic mass is 10.2. The molecule has 1 aromatic carbocycles. The van der Waals surface area contributed by atoms with Crippen molar-refractivity contribution in [2.24, 2.45) is 0 Å². The smallest absolute Gasteiger partial charge is 0.251 e. The summed E-state index contributed by atoms with van der Waals surface area (Å²) in [5.74, 6) is 0.349. The van der Waals surface area contributed by atoms with Crippen molar-refractivity contribution in [3.63, 3.8) is 0 Å². The maximum atomic E-state index is 11.6. The monoisotopic (exact) mass is 256 g/mol. The maximum Gasteiger partial charge on any atom is 0.251 e. The Kier molecular flexibility index (Phi) is 4.64. The van der Waals surface area contributed by atoms with E-state index in [2.05, 4.69) is 10.3 Å². The van der Waals surface area contributed by atoms with E-state index < -0.39 is 0 Å². The Morgan fingerprint density at radius 1 is 1.26 bits per heavy atom. The lowest BCUT2D eigenvalue weighted by Crippen LogP contribution is -2.18. The van der Waals surface area contributed by atoms with Gasteiger partial charge in [-0.1, -0.05) is 30.3 Å². The van der Waals surface area contributed by atoms with Crippen LogP contribution in [-0.2, 0) is 16.1 Å². The topological polar surface area (TPSA) is 51.2 Å². The molecule has 19 heavy (non-hydrogen) atoms. The number of hydrogen-bond donors (Lipinski definition) is 1. The van der Waals surface area contributed by atoms with Crippen LogP contribution in [0.4, 0.5) is 5.82 Å². The molecule has 1 heterocycles. The van der Waals surface area contributed by atoms with Crippen molar-refractivity contribution in [1.29, 1.82) is 0 Å². The lowest BCUT2D eigenvalue weighted by molar-refractivity contribution is -0.121. The first-order chi connectivity index (χ1) is 9.24. The van der Waals surface area contributed by atoms with E-state index in [1.54, 1.807) is 6.20 Å². The fourth-order valence-corrected chi connectivity index (χ4v) is 1.62. The van der Waals surface area contributed by atoms with E-state index in [1.807, 2.05) is 49.4 Å². The largest absolute Gasteiger partial charge is 0.367 e. The van der Waals surface area contributed by atoms with Crippen molar-refractivity contribution in [3.8, 4) is 0 Å². The summed E-state index contributed by atoms with van der Waals surface area (Å²) in [5.41, 5.74) is 2.10. The number of aromatic nitrogens is 1. The number of aryl methyl sites for hydroxylation is 1. The Morgan fingerprint density at radius 2 is 2.05 bits per heavy atom. The highest BCUT2D eigenvalue weighted by atomic mass is 16.5. The van der Waals surface area contributed by atoms with Crippen LogP contribution in [0.3, 0.4) is 0 Å². The highest BCUT2D eigenvalue weighted by Crippen LogP contribution is 2.05. The van der Waals surface area contributed by atoms with Gasteiger partial charge in [0.25, 0.3) is 5.91 Å². The molecule has 4 heteroatoms. The molecule has 4 nitrogen and oxygen atoms in total. The molecule has 0 bridgehead atoms. The number of nitrogens with one attached hydrogen (secondary N) is 1. The van der Waals surface area contributed by atoms with Crippen LogP contribution in [-0.4, -0.2) is 17.5 Å². The Bertz CT molecular complexity index is 541. The van der Waals surface area contributed by atoms with Gasteiger partial charge in [0.15, 0.2) is 0 Å². The van der Waals surface area contributed by atoms with E-state index in [4.69, 9.17) is 4.74 Å². The third kappa shape index (κ3) is 4.52. The number of carbonyl (C=O) groups is 1. The molecule has 2 aromatic rings. The highest BCUT2D eigenvalue weighted by molar-refractivity contribution is 5.90. The number of hydrogen-bond acceptors (Lipinski definition) is 3. The van der Waals surface area contributed by atoms with Crippen LogP contribution in [0.5, 0.6) is 0 Å². The van der Waals surface area contributed by atoms with Crippen molar-refractivity contribution in [1.82, 2.24) is 4.98 Å². The van der Waals surface area contributed by atoms with Crippen LogP contribution in [0, 0.1) is 6.92 Å². The van der Waals surface area contributed by atoms with Crippen molar-refractivity contribution >= 4 is 11.7 Å². The second-order valence-corrected chi connectivity index (χ2v) is 4.25. The lowest BCUT2D eigenvalue weighted by Gasteiger charge is -2.06. The highest BCUT2D eigenvalue weighted by Gasteiger charge is 2.03. The molecule has 1 aromatic heterocycles. The molecule has 0 aliphatic heterocycles. The molecule has 0 fully saturated rings. The van der Waals surface area contributed by atoms with Gasteiger partial charge in [-0.25, -0.2) is 4.98 Å². The Balaban J connectivity index is 1.76. The molecule has 0 aliphatic rings. The zero-order chi connectivity index (χ0) is 13.5. The third-order valence-corrected chi connectivity index (χ3v) is 2.53. The normalized spacial score (nSPS) is 10.2. The van der Waals surface area contributed by atoms with Crippen molar-refractivity contribution in [2.45, 2.75) is 13.5 Å². The van der Waals surface area contributed by atoms with Crippen molar-refractivity contribution < 1.29 is 9.53 Å². The standard InChI is InChI=1S/C15H16N2O2/c1-12-7-8-16-14(9-12)17-15(18)11-19-10-13-5-3-2-4-6-13/h2-9H,10-11H2,1H3,(H,16,17,18). The SMILES string of the molecule is Cc1ccnc(NC(=O)COCc2ccccc2)c1. The van der Waals surface area contributed by atoms with E-state index in [1.165, 1.54) is 0 Å². The van der Waals surface area contributed by atoms with Gasteiger partial charge in [-0.05, 0) is 30.2 Å². The minimum Gasteiger partial charge on any atom is -0.367 e. The first kappa shape index (κ1) is 13.2. The molecule has 0 saturated carbocycles. The second kappa shape index (κ2) is 6.66. The molecule has 2 rings (SSSR count). The number of anilines is 1. The maximum absolute atomic E-state index is 11.6. The van der Waals surface area contributed by atoms with Gasteiger partial charge in [0.1, 0.15) is 12.4 Å². The zero-order valence-electron chi connectivity index (χ0n) is 10.8. The van der Waals surface area contributed by atoms with Gasteiger partial charge in [0.05, 0.1) is 6.61 Å². The van der Waals surface area contributed by atoms with E-state index in [9.17, 15) is 4.79 Å². The molecule has 1 N–H and O–H groups in total. The summed E-state index contributed by atoms with van der Waals surface area (Å²) in [6, 6.07) is 13.4. The average molecular weight is 256 g/mol. The number of benzene rings is 1. The summed E-state index contributed by atoms with van der Waals surface area (Å²) in [6.07, 6.45) is 1.66. The van der Waals surface area contributed by atoms with E-state index in [0.29, 0.717) is 12.4 Å². The number of amides is 1. The van der Waals surface area contributed by atoms with Crippen LogP contribution in [0.15, 0.2) is 48.7 Å². The molecule has 0 saturated heterocycles. The minimum absolute atomic E-state index is 0.0184. The first-order valence-corrected chi connectivity index (χ1v) is 6.08. The minimum atomic E-state index is -0.200. The van der Waals surface area contributed by atoms with Gasteiger partial charge < -0.3 is 10.1 Å². The quantitative estimate of drug-likeness (QED) is 0.894. The number of rotatable bonds is 5. The van der Waals surface area contributed by atoms with E-state index in [-0.39, 0.29) is 12.5 Å². The van der Waals surface area contributed by atoms with Crippen molar-refractivity contribution in [3.05, 3.63) is 59.8 Å². The molecule has 0 unspecified atom stereocenters. The summed E-state index contributed by atoms with van der Waals surface area (Å²) in [5, 5.41) is 2.69. The van der Waals surface area contributed by atoms with E-state index in [0.717, 1.165) is 11.1 Å². The Morgan fingerprint density at radius 3 is 2.79 bits per heavy atom. The number of carbonyl (C=O) groups excluding carboxylic acids is 1. The van der Waals surface area contributed by atoms with Crippen LogP contribution >= 0.6 is 0 Å². The molecule has 0 spiro atoms. The third-order valence-electron chi connectivity index (χ3n) is 2.53. The van der Waals surface area contributed by atoms with Crippen LogP contribution in [0.2, 0.25) is 0 Å². The molecule has 1 amide bonds. The van der Waals surface area contributed by atoms with Gasteiger partial charge in [-0.3, -0.25) is 4.79 Å². The zero-order valence-corrected chi connectivity index (χ0v) is 10.8. The van der Waals surface area contributed by atoms with Crippen LogP contribution in [0.25, 0.3) is 0 Å². The molecule has 0 atom stereocenters. The predicted octanol–water partition coefficient (Wildman–Crippen LogP) is 2.55. The number of ether oxygens (including phenoxy) is 1. The van der Waals surface area contributed by atoms with Crippen LogP contribution < -0.4 is 5.32 Å². The van der Waals surface area contributed by atoms with Gasteiger partial charge >= 0.3 is 0 Å². The van der Waals surface area contributed by atoms with Gasteiger partial charge in [0.2, 0.25) is 0 Å². The molecular formula is C15H16N2O2. The summed E-state index contributed by atoms with van der Waals surface area (Å²) < 4.78 is 5.34. The Hall–Kier alpha value is -2.20. The average Bonchev–Trinajstić information content (AvgIpc) is 2.40. The first-order valence-electron chi connectivity index (χ1n) is 6.08. The predicted molar refractivity (Wildman–Crippen MR) is 73.7 cm³/mol. The van der Waals surface area contributed by atoms with Crippen molar-refractivity contribution in [2.75, 3.05) is 11.9 Å². The van der Waals surface area contributed by atoms with E-state index >= 15 is 0 Å². The van der Waals surface area contributed by atoms with Gasteiger partial charge in [0, 0.05) is 6.20 Å². The molecule has 98 valence electrons. The number of nitrogens with zero attached hydrogens (tertiary/aromatic N) is 1. The molecular weight excluding hydrogens is 240 g/mol. The molecule has 0 radical (unpaired) electrons. The van der Waals surface area contributed by atoms with Gasteiger partial charge in [-0.15, -0.1) is 0 Å². The fourth-order valence-electron chi connectivity index (χ4n) is 1.62. The second-order valence-electron chi connectivity index (χ2n) is 4.25. The summed E-state index contributed by atoms with van der Waals surface area (Å²) >= 11 is 0. The summed E-state index contributed by atoms with van der Waals surface area (Å²) in [4.78, 5) is 15.7. The van der Waals surface area contributed by atoms with Gasteiger partial charge in [-0.2, -0.15) is 0 Å². The Labute approximate surface area is 112 Å². The fraction of sp³-hybridized carbons (Fsp3) is 0.200. The molecule has 0 aliphatic carbocycles. The number of pyridine rings is 1. The van der Waals surface area contributed by atoms with Crippen LogP contribution in [0.1, 0.15) is 11.1 Å².